The summed E-state index contributed by atoms with van der Waals surface area (Å²) < 4.78 is 20.4. The van der Waals surface area contributed by atoms with Crippen LogP contribution in [0.4, 0.5) is 10.1 Å². The summed E-state index contributed by atoms with van der Waals surface area (Å²) in [5.74, 6) is -0.273. The van der Waals surface area contributed by atoms with Crippen LogP contribution in [0, 0.1) is 5.82 Å². The van der Waals surface area contributed by atoms with Gasteiger partial charge >= 0.3 is 0 Å². The molecule has 0 amide bonds. The second kappa shape index (κ2) is 4.71. The number of halogens is 2. The number of rotatable bonds is 1. The van der Waals surface area contributed by atoms with Gasteiger partial charge < -0.3 is 0 Å². The average molecular weight is 360 g/mol. The van der Waals surface area contributed by atoms with Gasteiger partial charge in [0.05, 0.1) is 5.69 Å². The van der Waals surface area contributed by atoms with Gasteiger partial charge in [-0.25, -0.2) is 9.38 Å². The van der Waals surface area contributed by atoms with Gasteiger partial charge in [-0.1, -0.05) is 11.8 Å². The van der Waals surface area contributed by atoms with E-state index in [0.29, 0.717) is 4.47 Å². The topological polar surface area (TPSA) is 30.2 Å². The highest BCUT2D eigenvalue weighted by molar-refractivity contribution is 9.10. The summed E-state index contributed by atoms with van der Waals surface area (Å²) in [4.78, 5) is 5.42. The van der Waals surface area contributed by atoms with Gasteiger partial charge in [0.2, 0.25) is 4.80 Å². The Labute approximate surface area is 126 Å². The summed E-state index contributed by atoms with van der Waals surface area (Å²) in [5.41, 5.74) is 0.718. The van der Waals surface area contributed by atoms with Gasteiger partial charge in [0.1, 0.15) is 5.82 Å². The van der Waals surface area contributed by atoms with Crippen LogP contribution in [-0.2, 0) is 6.54 Å². The van der Waals surface area contributed by atoms with Crippen molar-refractivity contribution in [2.45, 2.75) is 30.3 Å². The Bertz CT molecular complexity index is 705. The Morgan fingerprint density at radius 2 is 2.26 bits per heavy atom. The lowest BCUT2D eigenvalue weighted by Crippen LogP contribution is -2.21. The molecule has 7 heteroatoms. The smallest absolute Gasteiger partial charge is 0.210 e. The fourth-order valence-corrected chi connectivity index (χ4v) is 4.24. The van der Waals surface area contributed by atoms with Crippen molar-refractivity contribution in [3.8, 4) is 0 Å². The first-order valence-electron chi connectivity index (χ1n) is 5.70. The van der Waals surface area contributed by atoms with Gasteiger partial charge in [-0.05, 0) is 48.0 Å². The van der Waals surface area contributed by atoms with Crippen LogP contribution in [0.2, 0.25) is 0 Å². The van der Waals surface area contributed by atoms with Gasteiger partial charge in [0, 0.05) is 27.3 Å². The van der Waals surface area contributed by atoms with Crippen LogP contribution in [0.15, 0.2) is 32.8 Å². The molecule has 3 nitrogen and oxygen atoms in total. The standard InChI is InChI=1S/C12H11BrFN3S2/c1-12(2)6-17-10(19-16-11(17)18-12)15-9-4-3-7(14)5-8(9)13/h3-5H,6H2,1-2H3. The van der Waals surface area contributed by atoms with Crippen molar-refractivity contribution in [1.82, 2.24) is 8.94 Å². The number of fused-ring (bicyclic) bond motifs is 1. The normalized spacial score (nSPS) is 17.8. The molecule has 1 aromatic carbocycles. The Kier molecular flexibility index (Phi) is 3.31. The molecular weight excluding hydrogens is 349 g/mol. The summed E-state index contributed by atoms with van der Waals surface area (Å²) in [6.45, 7) is 5.27. The summed E-state index contributed by atoms with van der Waals surface area (Å²) >= 11 is 6.47. The van der Waals surface area contributed by atoms with Crippen LogP contribution in [-0.4, -0.2) is 13.7 Å². The van der Waals surface area contributed by atoms with Crippen molar-refractivity contribution in [2.24, 2.45) is 4.99 Å². The minimum atomic E-state index is -0.273. The van der Waals surface area contributed by atoms with Crippen LogP contribution < -0.4 is 4.80 Å². The van der Waals surface area contributed by atoms with Crippen molar-refractivity contribution in [1.29, 1.82) is 0 Å². The van der Waals surface area contributed by atoms with Crippen LogP contribution in [0.1, 0.15) is 13.8 Å². The van der Waals surface area contributed by atoms with Crippen molar-refractivity contribution < 1.29 is 4.39 Å². The molecule has 2 aromatic rings. The molecule has 1 aromatic heterocycles. The first kappa shape index (κ1) is 13.3. The molecule has 0 saturated heterocycles. The first-order chi connectivity index (χ1) is 8.94. The monoisotopic (exact) mass is 359 g/mol. The van der Waals surface area contributed by atoms with Crippen molar-refractivity contribution in [3.63, 3.8) is 0 Å². The molecule has 0 aliphatic carbocycles. The second-order valence-electron chi connectivity index (χ2n) is 4.90. The zero-order valence-corrected chi connectivity index (χ0v) is 13.6. The number of benzene rings is 1. The van der Waals surface area contributed by atoms with E-state index in [2.05, 4.69) is 43.7 Å². The predicted molar refractivity (Wildman–Crippen MR) is 79.4 cm³/mol. The molecule has 1 aliphatic rings. The highest BCUT2D eigenvalue weighted by atomic mass is 79.9. The molecule has 0 N–H and O–H groups in total. The minimum Gasteiger partial charge on any atom is -0.293 e. The summed E-state index contributed by atoms with van der Waals surface area (Å²) in [5, 5.41) is 1.01. The fraction of sp³-hybridized carbons (Fsp3) is 0.333. The molecule has 100 valence electrons. The van der Waals surface area contributed by atoms with Gasteiger partial charge in [-0.15, -0.1) is 0 Å². The van der Waals surface area contributed by atoms with E-state index in [1.807, 2.05) is 0 Å². The second-order valence-corrected chi connectivity index (χ2v) is 8.16. The largest absolute Gasteiger partial charge is 0.293 e. The van der Waals surface area contributed by atoms with Crippen LogP contribution >= 0.6 is 39.2 Å². The molecule has 3 rings (SSSR count). The SMILES string of the molecule is CC1(C)Cn2c(nsc2=Nc2ccc(F)cc2Br)S1. The summed E-state index contributed by atoms with van der Waals surface area (Å²) in [6, 6.07) is 4.50. The molecule has 1 aliphatic heterocycles. The van der Waals surface area contributed by atoms with Crippen molar-refractivity contribution >= 4 is 44.9 Å². The molecule has 2 heterocycles. The molecule has 19 heavy (non-hydrogen) atoms. The Morgan fingerprint density at radius 3 is 3.00 bits per heavy atom. The van der Waals surface area contributed by atoms with E-state index in [1.54, 1.807) is 17.8 Å². The zero-order chi connectivity index (χ0) is 13.6. The lowest BCUT2D eigenvalue weighted by Gasteiger charge is -2.12. The van der Waals surface area contributed by atoms with Gasteiger partial charge in [-0.2, -0.15) is 4.37 Å². The fourth-order valence-electron chi connectivity index (χ4n) is 1.89. The number of nitrogens with zero attached hydrogens (tertiary/aromatic N) is 3. The lowest BCUT2D eigenvalue weighted by atomic mass is 10.2. The quantitative estimate of drug-likeness (QED) is 0.771. The van der Waals surface area contributed by atoms with E-state index < -0.39 is 0 Å². The third-order valence-corrected chi connectivity index (χ3v) is 5.37. The van der Waals surface area contributed by atoms with Crippen LogP contribution in [0.25, 0.3) is 0 Å². The summed E-state index contributed by atoms with van der Waals surface area (Å²) in [6.07, 6.45) is 0. The predicted octanol–water partition coefficient (Wildman–Crippen LogP) is 3.96. The Hall–Kier alpha value is -0.660. The van der Waals surface area contributed by atoms with E-state index >= 15 is 0 Å². The van der Waals surface area contributed by atoms with E-state index in [4.69, 9.17) is 0 Å². The molecular formula is C12H11BrFN3S2. The van der Waals surface area contributed by atoms with Gasteiger partial charge in [0.25, 0.3) is 0 Å². The minimum absolute atomic E-state index is 0.153. The number of aromatic nitrogens is 2. The molecule has 0 unspecified atom stereocenters. The third-order valence-electron chi connectivity index (χ3n) is 2.70. The van der Waals surface area contributed by atoms with Gasteiger partial charge in [-0.3, -0.25) is 4.57 Å². The maximum atomic E-state index is 13.1. The van der Waals surface area contributed by atoms with Gasteiger partial charge in [0.15, 0.2) is 5.16 Å². The number of hydrogen-bond donors (Lipinski definition) is 0. The van der Waals surface area contributed by atoms with Crippen molar-refractivity contribution in [3.05, 3.63) is 33.3 Å². The molecule has 0 radical (unpaired) electrons. The molecule has 0 bridgehead atoms. The highest BCUT2D eigenvalue weighted by Gasteiger charge is 2.31. The van der Waals surface area contributed by atoms with Crippen LogP contribution in [0.3, 0.4) is 0 Å². The zero-order valence-electron chi connectivity index (χ0n) is 10.4. The van der Waals surface area contributed by atoms with Crippen LogP contribution in [0.5, 0.6) is 0 Å². The summed E-state index contributed by atoms with van der Waals surface area (Å²) in [7, 11) is 0. The molecule has 0 atom stereocenters. The molecule has 0 fully saturated rings. The van der Waals surface area contributed by atoms with E-state index in [9.17, 15) is 4.39 Å². The number of thioether (sulfide) groups is 1. The molecule has 0 spiro atoms. The Balaban J connectivity index is 2.07. The third kappa shape index (κ3) is 2.64. The number of hydrogen-bond acceptors (Lipinski definition) is 4. The maximum Gasteiger partial charge on any atom is 0.210 e. The Morgan fingerprint density at radius 1 is 1.47 bits per heavy atom. The van der Waals surface area contributed by atoms with E-state index in [0.717, 1.165) is 22.2 Å². The lowest BCUT2D eigenvalue weighted by molar-refractivity contribution is 0.555. The highest BCUT2D eigenvalue weighted by Crippen LogP contribution is 2.38. The van der Waals surface area contributed by atoms with E-state index in [-0.39, 0.29) is 10.6 Å². The average Bonchev–Trinajstić information content (AvgIpc) is 2.79. The van der Waals surface area contributed by atoms with Crippen molar-refractivity contribution in [2.75, 3.05) is 0 Å². The molecule has 0 saturated carbocycles. The maximum absolute atomic E-state index is 13.1. The first-order valence-corrected chi connectivity index (χ1v) is 8.08. The van der Waals surface area contributed by atoms with E-state index in [1.165, 1.54) is 23.7 Å².